The number of nitrogens with zero attached hydrogens (tertiary/aromatic N) is 5. The molecule has 0 saturated carbocycles. The van der Waals surface area contributed by atoms with E-state index in [1.165, 1.54) is 58.6 Å². The Morgan fingerprint density at radius 2 is 0.886 bits per heavy atom. The van der Waals surface area contributed by atoms with Gasteiger partial charge in [0.15, 0.2) is 17.5 Å². The van der Waals surface area contributed by atoms with Crippen LogP contribution >= 0.6 is 11.3 Å². The van der Waals surface area contributed by atoms with E-state index in [-0.39, 0.29) is 0 Å². The minimum absolute atomic E-state index is 0.580. The van der Waals surface area contributed by atoms with Crippen LogP contribution in [0.2, 0.25) is 0 Å². The van der Waals surface area contributed by atoms with Crippen LogP contribution in [0.3, 0.4) is 0 Å². The number of furan rings is 1. The van der Waals surface area contributed by atoms with Crippen molar-refractivity contribution in [1.29, 1.82) is 0 Å². The van der Waals surface area contributed by atoms with E-state index in [4.69, 9.17) is 19.4 Å². The largest absolute Gasteiger partial charge is 0.456 e. The summed E-state index contributed by atoms with van der Waals surface area (Å²) < 4.78 is 13.9. The second-order valence-corrected chi connectivity index (χ2v) is 19.0. The Morgan fingerprint density at radius 1 is 0.329 bits per heavy atom. The smallest absolute Gasteiger partial charge is 0.164 e. The van der Waals surface area contributed by atoms with Gasteiger partial charge in [0.25, 0.3) is 0 Å². The maximum atomic E-state index is 6.68. The lowest BCUT2D eigenvalue weighted by molar-refractivity contribution is 0.669. The summed E-state index contributed by atoms with van der Waals surface area (Å²) in [6, 6.07) is 79.6. The number of para-hydroxylation sites is 4. The number of aromatic nitrogens is 5. The van der Waals surface area contributed by atoms with Crippen molar-refractivity contribution in [3.63, 3.8) is 0 Å². The second-order valence-electron chi connectivity index (χ2n) is 17.9. The highest BCUT2D eigenvalue weighted by molar-refractivity contribution is 7.26. The van der Waals surface area contributed by atoms with Gasteiger partial charge in [-0.25, -0.2) is 15.0 Å². The van der Waals surface area contributed by atoms with Crippen molar-refractivity contribution in [1.82, 2.24) is 24.1 Å². The zero-order valence-corrected chi connectivity index (χ0v) is 38.2. The van der Waals surface area contributed by atoms with E-state index >= 15 is 0 Å². The first-order valence-corrected chi connectivity index (χ1v) is 24.3. The lowest BCUT2D eigenvalue weighted by Gasteiger charge is -2.12. The molecule has 10 aromatic carbocycles. The SMILES string of the molecule is c1ccc(-c2nc(-c3ccc4c(c3)c3ccccc3n4-c3ccccc3)nc(-c3cccc4oc5ccc(-c6cccc7sc8cccc(-n9c%10ccccc%10c%10ccccc%109)c8c67)cc5c34)n2)cc1. The average molecular weight is 912 g/mol. The molecule has 0 aliphatic heterocycles. The molecule has 0 bridgehead atoms. The zero-order chi connectivity index (χ0) is 45.9. The molecular weight excluding hydrogens is 875 g/mol. The van der Waals surface area contributed by atoms with Gasteiger partial charge in [-0.1, -0.05) is 140 Å². The Balaban J connectivity index is 0.930. The molecule has 0 spiro atoms. The van der Waals surface area contributed by atoms with Gasteiger partial charge >= 0.3 is 0 Å². The lowest BCUT2D eigenvalue weighted by Crippen LogP contribution is -2.00. The molecule has 0 N–H and O–H groups in total. The van der Waals surface area contributed by atoms with Crippen molar-refractivity contribution in [2.75, 3.05) is 0 Å². The molecule has 0 aliphatic carbocycles. The number of benzene rings is 10. The number of thiophene rings is 1. The summed E-state index contributed by atoms with van der Waals surface area (Å²) in [5.74, 6) is 1.78. The first kappa shape index (κ1) is 38.9. The Labute approximate surface area is 404 Å². The first-order valence-electron chi connectivity index (χ1n) is 23.5. The molecule has 7 heteroatoms. The molecule has 5 aromatic heterocycles. The molecule has 0 radical (unpaired) electrons. The molecule has 0 unspecified atom stereocenters. The third-order valence-corrected chi connectivity index (χ3v) is 15.1. The van der Waals surface area contributed by atoms with Crippen LogP contribution in [0.15, 0.2) is 229 Å². The van der Waals surface area contributed by atoms with Crippen LogP contribution in [0.4, 0.5) is 0 Å². The monoisotopic (exact) mass is 911 g/mol. The van der Waals surface area contributed by atoms with E-state index in [2.05, 4.69) is 203 Å². The fraction of sp³-hybridized carbons (Fsp3) is 0. The summed E-state index contributed by atoms with van der Waals surface area (Å²) in [5.41, 5.74) is 13.5. The molecule has 0 amide bonds. The Hall–Kier alpha value is -9.17. The van der Waals surface area contributed by atoms with Crippen molar-refractivity contribution in [3.8, 4) is 56.7 Å². The predicted octanol–water partition coefficient (Wildman–Crippen LogP) is 17.0. The first-order chi connectivity index (χ1) is 34.7. The van der Waals surface area contributed by atoms with E-state index in [1.807, 2.05) is 41.7 Å². The highest BCUT2D eigenvalue weighted by atomic mass is 32.1. The van der Waals surface area contributed by atoms with Crippen LogP contribution in [0.1, 0.15) is 0 Å². The maximum Gasteiger partial charge on any atom is 0.164 e. The minimum atomic E-state index is 0.580. The average Bonchev–Trinajstić information content (AvgIpc) is 4.19. The normalized spacial score (nSPS) is 12.0. The van der Waals surface area contributed by atoms with Crippen LogP contribution in [0, 0.1) is 0 Å². The van der Waals surface area contributed by atoms with Crippen LogP contribution in [0.25, 0.3) is 142 Å². The standard InChI is InChI=1S/C63H37N5OS/c1-3-16-38(17-4-1)61-64-62(40-32-34-52-47(37-40)45-22-9-10-25-49(45)67(52)41-18-5-2-6-19-41)66-63(65-61)46-24-13-29-55-58(46)48-36-39(33-35-54(48)69-55)42-23-14-30-56-59(42)60-53(28-15-31-57(60)70-56)68-50-26-11-7-20-43(50)44-21-8-12-27-51(44)68/h1-37H. The summed E-state index contributed by atoms with van der Waals surface area (Å²) >= 11 is 1.84. The molecule has 0 aliphatic rings. The lowest BCUT2D eigenvalue weighted by atomic mass is 9.96. The maximum absolute atomic E-state index is 6.68. The van der Waals surface area contributed by atoms with Gasteiger partial charge in [0.2, 0.25) is 0 Å². The van der Waals surface area contributed by atoms with Crippen molar-refractivity contribution >= 4 is 97.1 Å². The molecule has 15 aromatic rings. The fourth-order valence-corrected chi connectivity index (χ4v) is 12.1. The molecule has 326 valence electrons. The van der Waals surface area contributed by atoms with Crippen molar-refractivity contribution in [3.05, 3.63) is 224 Å². The van der Waals surface area contributed by atoms with Gasteiger partial charge in [0, 0.05) is 74.9 Å². The third-order valence-electron chi connectivity index (χ3n) is 14.0. The Bertz CT molecular complexity index is 4550. The quantitative estimate of drug-likeness (QED) is 0.167. The van der Waals surface area contributed by atoms with Crippen molar-refractivity contribution in [2.45, 2.75) is 0 Å². The van der Waals surface area contributed by atoms with Gasteiger partial charge in [-0.15, -0.1) is 11.3 Å². The van der Waals surface area contributed by atoms with E-state index in [0.29, 0.717) is 17.5 Å². The predicted molar refractivity (Wildman–Crippen MR) is 290 cm³/mol. The van der Waals surface area contributed by atoms with Gasteiger partial charge in [-0.05, 0) is 96.1 Å². The van der Waals surface area contributed by atoms with E-state index in [0.717, 1.165) is 66.3 Å². The summed E-state index contributed by atoms with van der Waals surface area (Å²) in [6.07, 6.45) is 0. The van der Waals surface area contributed by atoms with Crippen LogP contribution in [-0.2, 0) is 0 Å². The number of hydrogen-bond acceptors (Lipinski definition) is 5. The molecule has 6 nitrogen and oxygen atoms in total. The molecule has 0 saturated heterocycles. The van der Waals surface area contributed by atoms with Crippen LogP contribution in [0.5, 0.6) is 0 Å². The van der Waals surface area contributed by atoms with Gasteiger partial charge in [-0.3, -0.25) is 0 Å². The van der Waals surface area contributed by atoms with Crippen molar-refractivity contribution < 1.29 is 4.42 Å². The van der Waals surface area contributed by atoms with E-state index in [1.54, 1.807) is 0 Å². The molecule has 5 heterocycles. The molecular formula is C63H37N5OS. The Morgan fingerprint density at radius 3 is 1.64 bits per heavy atom. The summed E-state index contributed by atoms with van der Waals surface area (Å²) in [7, 11) is 0. The summed E-state index contributed by atoms with van der Waals surface area (Å²) in [5, 5.41) is 9.24. The van der Waals surface area contributed by atoms with Gasteiger partial charge < -0.3 is 13.6 Å². The number of rotatable bonds is 6. The van der Waals surface area contributed by atoms with Crippen LogP contribution in [-0.4, -0.2) is 24.1 Å². The minimum Gasteiger partial charge on any atom is -0.456 e. The third kappa shape index (κ3) is 5.82. The van der Waals surface area contributed by atoms with Crippen molar-refractivity contribution in [2.24, 2.45) is 0 Å². The Kier molecular flexibility index (Phi) is 8.43. The highest BCUT2D eigenvalue weighted by Crippen LogP contribution is 2.46. The molecule has 0 atom stereocenters. The summed E-state index contributed by atoms with van der Waals surface area (Å²) in [4.78, 5) is 15.8. The van der Waals surface area contributed by atoms with Crippen LogP contribution < -0.4 is 0 Å². The van der Waals surface area contributed by atoms with Gasteiger partial charge in [-0.2, -0.15) is 0 Å². The molecule has 70 heavy (non-hydrogen) atoms. The van der Waals surface area contributed by atoms with Gasteiger partial charge in [0.1, 0.15) is 11.2 Å². The fourth-order valence-electron chi connectivity index (χ4n) is 10.9. The zero-order valence-electron chi connectivity index (χ0n) is 37.4. The molecule has 0 fully saturated rings. The van der Waals surface area contributed by atoms with E-state index < -0.39 is 0 Å². The number of fused-ring (bicyclic) bond motifs is 12. The molecule has 15 rings (SSSR count). The topological polar surface area (TPSA) is 61.7 Å². The van der Waals surface area contributed by atoms with Gasteiger partial charge in [0.05, 0.1) is 27.8 Å². The van der Waals surface area contributed by atoms with E-state index in [9.17, 15) is 0 Å². The second kappa shape index (κ2) is 15.2. The highest BCUT2D eigenvalue weighted by Gasteiger charge is 2.22. The number of hydrogen-bond donors (Lipinski definition) is 0. The summed E-state index contributed by atoms with van der Waals surface area (Å²) in [6.45, 7) is 0.